The third-order valence-electron chi connectivity index (χ3n) is 0.348. The van der Waals surface area contributed by atoms with Crippen LogP contribution in [0.15, 0.2) is 12.7 Å². The van der Waals surface area contributed by atoms with Crippen LogP contribution in [-0.4, -0.2) is 12.2 Å². The van der Waals surface area contributed by atoms with Crippen molar-refractivity contribution in [3.8, 4) is 0 Å². The molecule has 0 radical (unpaired) electrons. The second-order valence-corrected chi connectivity index (χ2v) is 0.863. The van der Waals surface area contributed by atoms with Gasteiger partial charge in [-0.3, -0.25) is 0 Å². The Labute approximate surface area is 44.7 Å². The van der Waals surface area contributed by atoms with E-state index in [1.165, 1.54) is 0 Å². The summed E-state index contributed by atoms with van der Waals surface area (Å²) in [6.07, 6.45) is -1.42. The summed E-state index contributed by atoms with van der Waals surface area (Å²) < 4.78 is 14.3. The molecule has 0 unspecified atom stereocenters. The maximum Gasteiger partial charge on any atom is 0.503 e. The predicted molar refractivity (Wildman–Crippen MR) is 22.8 cm³/mol. The van der Waals surface area contributed by atoms with Crippen molar-refractivity contribution in [2.24, 2.45) is 0 Å². The van der Waals surface area contributed by atoms with Crippen LogP contribution >= 0.6 is 0 Å². The van der Waals surface area contributed by atoms with Gasteiger partial charge in [-0.05, 0) is 0 Å². The van der Waals surface area contributed by atoms with Crippen LogP contribution in [0.2, 0.25) is 0 Å². The molecule has 44 valence electrons. The molecule has 0 aromatic heterocycles. The van der Waals surface area contributed by atoms with Crippen molar-refractivity contribution in [1.29, 1.82) is 0 Å². The highest BCUT2D eigenvalue weighted by Gasteiger charge is 2.01. The molecule has 3 nitrogen and oxygen atoms in total. The fourth-order valence-electron chi connectivity index (χ4n) is 0.121. The first kappa shape index (κ1) is 6.81. The Balaban J connectivity index is 3.55. The van der Waals surface area contributed by atoms with Crippen molar-refractivity contribution >= 4 is 12.2 Å². The van der Waals surface area contributed by atoms with E-state index in [0.29, 0.717) is 6.08 Å². The molecule has 0 aromatic carbocycles. The minimum absolute atomic E-state index is 0.692. The first-order chi connectivity index (χ1) is 3.66. The number of hydrogen-bond acceptors (Lipinski definition) is 3. The van der Waals surface area contributed by atoms with Crippen molar-refractivity contribution in [3.63, 3.8) is 0 Å². The number of rotatable bonds is 1. The van der Waals surface area contributed by atoms with E-state index < -0.39 is 12.2 Å². The summed E-state index contributed by atoms with van der Waals surface area (Å²) in [7, 11) is 0. The second kappa shape index (κ2) is 2.90. The average molecular weight is 118 g/mol. The third-order valence-corrected chi connectivity index (χ3v) is 0.348. The van der Waals surface area contributed by atoms with Crippen molar-refractivity contribution in [2.75, 3.05) is 0 Å². The van der Waals surface area contributed by atoms with Gasteiger partial charge in [-0.1, -0.05) is 6.58 Å². The lowest BCUT2D eigenvalue weighted by molar-refractivity contribution is -0.132. The summed E-state index contributed by atoms with van der Waals surface area (Å²) in [6, 6.07) is 0. The lowest BCUT2D eigenvalue weighted by atomic mass is 10.7. The molecular weight excluding hydrogens is 115 g/mol. The van der Waals surface area contributed by atoms with Crippen molar-refractivity contribution in [1.82, 2.24) is 0 Å². The molecule has 8 heavy (non-hydrogen) atoms. The van der Waals surface area contributed by atoms with Gasteiger partial charge in [0.2, 0.25) is 0 Å². The van der Waals surface area contributed by atoms with Crippen molar-refractivity contribution in [2.45, 2.75) is 0 Å². The number of ether oxygens (including phenoxy) is 1. The zero-order valence-electron chi connectivity index (χ0n) is 3.89. The Hall–Kier alpha value is -1.19. The maximum absolute atomic E-state index is 11.0. The molecule has 0 aromatic rings. The van der Waals surface area contributed by atoms with Crippen LogP contribution in [0.3, 0.4) is 0 Å². The van der Waals surface area contributed by atoms with Gasteiger partial charge >= 0.3 is 12.2 Å². The standard InChI is InChI=1S/C4H3FO3/c1-2-3(6)8-4(5)7/h2H,1H2. The average Bonchev–Trinajstić information content (AvgIpc) is 1.65. The van der Waals surface area contributed by atoms with Crippen molar-refractivity contribution < 1.29 is 18.7 Å². The smallest absolute Gasteiger partial charge is 0.363 e. The quantitative estimate of drug-likeness (QED) is 0.221. The molecule has 0 saturated heterocycles. The molecule has 0 fully saturated rings. The molecule has 4 heteroatoms. The van der Waals surface area contributed by atoms with E-state index in [2.05, 4.69) is 11.3 Å². The van der Waals surface area contributed by atoms with E-state index in [9.17, 15) is 14.0 Å². The summed E-state index contributed by atoms with van der Waals surface area (Å²) in [4.78, 5) is 19.1. The highest BCUT2D eigenvalue weighted by atomic mass is 19.1. The highest BCUT2D eigenvalue weighted by molar-refractivity contribution is 5.88. The van der Waals surface area contributed by atoms with Gasteiger partial charge in [0, 0.05) is 6.08 Å². The molecule has 0 rings (SSSR count). The summed E-state index contributed by atoms with van der Waals surface area (Å²) in [5, 5.41) is 0. The Morgan fingerprint density at radius 2 is 2.12 bits per heavy atom. The molecule has 0 aliphatic rings. The molecule has 0 heterocycles. The van der Waals surface area contributed by atoms with Crippen LogP contribution in [-0.2, 0) is 9.53 Å². The third kappa shape index (κ3) is 3.02. The van der Waals surface area contributed by atoms with Crippen LogP contribution in [0.1, 0.15) is 0 Å². The summed E-state index contributed by atoms with van der Waals surface area (Å²) in [5.74, 6) is -1.09. The Morgan fingerprint density at radius 1 is 1.62 bits per heavy atom. The molecule has 0 aliphatic heterocycles. The van der Waals surface area contributed by atoms with Gasteiger partial charge in [-0.2, -0.15) is 0 Å². The Bertz CT molecular complexity index is 129. The molecule has 0 amide bonds. The van der Waals surface area contributed by atoms with Gasteiger partial charge in [0.25, 0.3) is 0 Å². The van der Waals surface area contributed by atoms with Gasteiger partial charge in [0.15, 0.2) is 0 Å². The lowest BCUT2D eigenvalue weighted by Gasteiger charge is -1.85. The Morgan fingerprint density at radius 3 is 2.25 bits per heavy atom. The Kier molecular flexibility index (Phi) is 2.47. The molecule has 0 aliphatic carbocycles. The van der Waals surface area contributed by atoms with Gasteiger partial charge < -0.3 is 4.74 Å². The lowest BCUT2D eigenvalue weighted by Crippen LogP contribution is -2.01. The predicted octanol–water partition coefficient (Wildman–Crippen LogP) is 0.805. The SMILES string of the molecule is C=CC(=O)OC(=O)F. The highest BCUT2D eigenvalue weighted by Crippen LogP contribution is 1.82. The van der Waals surface area contributed by atoms with Crippen LogP contribution in [0.4, 0.5) is 9.18 Å². The van der Waals surface area contributed by atoms with Crippen LogP contribution in [0.5, 0.6) is 0 Å². The van der Waals surface area contributed by atoms with Crippen LogP contribution < -0.4 is 0 Å². The molecular formula is C4H3FO3. The number of hydrogen-bond donors (Lipinski definition) is 0. The van der Waals surface area contributed by atoms with E-state index in [-0.39, 0.29) is 0 Å². The summed E-state index contributed by atoms with van der Waals surface area (Å²) >= 11 is 0. The van der Waals surface area contributed by atoms with Gasteiger partial charge in [-0.25, -0.2) is 9.59 Å². The maximum atomic E-state index is 11.0. The summed E-state index contributed by atoms with van der Waals surface area (Å²) in [5.41, 5.74) is 0. The van der Waals surface area contributed by atoms with Crippen molar-refractivity contribution in [3.05, 3.63) is 12.7 Å². The summed E-state index contributed by atoms with van der Waals surface area (Å²) in [6.45, 7) is 2.92. The minimum atomic E-state index is -2.12. The minimum Gasteiger partial charge on any atom is -0.363 e. The molecule has 0 bridgehead atoms. The van der Waals surface area contributed by atoms with E-state index >= 15 is 0 Å². The van der Waals surface area contributed by atoms with Gasteiger partial charge in [0.05, 0.1) is 0 Å². The zero-order valence-corrected chi connectivity index (χ0v) is 3.89. The molecule has 0 atom stereocenters. The normalized spacial score (nSPS) is 7.62. The molecule has 0 spiro atoms. The molecule has 0 saturated carbocycles. The zero-order chi connectivity index (χ0) is 6.57. The van der Waals surface area contributed by atoms with Gasteiger partial charge in [0.1, 0.15) is 0 Å². The second-order valence-electron chi connectivity index (χ2n) is 0.863. The largest absolute Gasteiger partial charge is 0.503 e. The van der Waals surface area contributed by atoms with Crippen LogP contribution in [0.25, 0.3) is 0 Å². The van der Waals surface area contributed by atoms with Gasteiger partial charge in [-0.15, -0.1) is 4.39 Å². The van der Waals surface area contributed by atoms with E-state index in [0.717, 1.165) is 0 Å². The van der Waals surface area contributed by atoms with E-state index in [1.807, 2.05) is 0 Å². The van der Waals surface area contributed by atoms with E-state index in [4.69, 9.17) is 0 Å². The van der Waals surface area contributed by atoms with Crippen LogP contribution in [0, 0.1) is 0 Å². The number of halogens is 1. The topological polar surface area (TPSA) is 43.4 Å². The number of carbonyl (C=O) groups excluding carboxylic acids is 2. The fraction of sp³-hybridized carbons (Fsp3) is 0. The van der Waals surface area contributed by atoms with E-state index in [1.54, 1.807) is 0 Å². The molecule has 0 N–H and O–H groups in total. The first-order valence-corrected chi connectivity index (χ1v) is 1.70. The fourth-order valence-corrected chi connectivity index (χ4v) is 0.121. The monoisotopic (exact) mass is 118 g/mol. The first-order valence-electron chi connectivity index (χ1n) is 1.70. The number of esters is 1. The number of carbonyl (C=O) groups is 2.